The van der Waals surface area contributed by atoms with Gasteiger partial charge in [0.1, 0.15) is 0 Å². The van der Waals surface area contributed by atoms with Gasteiger partial charge in [-0.05, 0) is 31.4 Å². The Hall–Kier alpha value is -1.09. The van der Waals surface area contributed by atoms with E-state index in [0.717, 1.165) is 6.54 Å². The molecule has 0 spiro atoms. The summed E-state index contributed by atoms with van der Waals surface area (Å²) in [6.07, 6.45) is 2.36. The number of benzene rings is 1. The number of aryl methyl sites for hydroxylation is 2. The lowest BCUT2D eigenvalue weighted by atomic mass is 10.00. The van der Waals surface area contributed by atoms with Crippen LogP contribution < -0.4 is 10.6 Å². The van der Waals surface area contributed by atoms with E-state index in [9.17, 15) is 0 Å². The van der Waals surface area contributed by atoms with Gasteiger partial charge in [-0.1, -0.05) is 29.9 Å². The van der Waals surface area contributed by atoms with Crippen LogP contribution in [-0.4, -0.2) is 18.1 Å². The average Bonchev–Trinajstić information content (AvgIpc) is 2.16. The van der Waals surface area contributed by atoms with Crippen LogP contribution >= 0.6 is 12.2 Å². The number of nitrogens with zero attached hydrogens (tertiary/aromatic N) is 1. The maximum atomic E-state index is 5.60. The molecule has 0 amide bonds. The van der Waals surface area contributed by atoms with Gasteiger partial charge in [-0.15, -0.1) is 0 Å². The highest BCUT2D eigenvalue weighted by molar-refractivity contribution is 7.80. The Kier molecular flexibility index (Phi) is 2.91. The summed E-state index contributed by atoms with van der Waals surface area (Å²) in [5.41, 5.74) is 9.66. The van der Waals surface area contributed by atoms with Crippen LogP contribution in [0.1, 0.15) is 17.5 Å². The number of hydrogen-bond donors (Lipinski definition) is 1. The normalized spacial score (nSPS) is 14.9. The SMILES string of the molecule is Cc1ccc2c(c1)CCCN2CC(N)=S. The van der Waals surface area contributed by atoms with Gasteiger partial charge in [0.15, 0.2) is 0 Å². The van der Waals surface area contributed by atoms with Crippen LogP contribution in [0.15, 0.2) is 18.2 Å². The molecule has 1 aliphatic rings. The zero-order chi connectivity index (χ0) is 10.8. The van der Waals surface area contributed by atoms with E-state index in [1.54, 1.807) is 0 Å². The average molecular weight is 220 g/mol. The smallest absolute Gasteiger partial charge is 0.0923 e. The molecule has 0 saturated heterocycles. The molecular weight excluding hydrogens is 204 g/mol. The van der Waals surface area contributed by atoms with Crippen molar-refractivity contribution in [1.82, 2.24) is 0 Å². The Labute approximate surface area is 96.1 Å². The third-order valence-corrected chi connectivity index (χ3v) is 2.93. The lowest BCUT2D eigenvalue weighted by molar-refractivity contribution is 0.729. The summed E-state index contributed by atoms with van der Waals surface area (Å²) in [7, 11) is 0. The molecule has 1 heterocycles. The molecule has 0 bridgehead atoms. The zero-order valence-corrected chi connectivity index (χ0v) is 9.81. The molecule has 1 aliphatic heterocycles. The first-order chi connectivity index (χ1) is 7.16. The minimum atomic E-state index is 0.573. The standard InChI is InChI=1S/C12H16N2S/c1-9-4-5-11-10(7-9)3-2-6-14(11)8-12(13)15/h4-5,7H,2-3,6,8H2,1H3,(H2,13,15). The summed E-state index contributed by atoms with van der Waals surface area (Å²) < 4.78 is 0. The van der Waals surface area contributed by atoms with Gasteiger partial charge in [0.2, 0.25) is 0 Å². The van der Waals surface area contributed by atoms with Gasteiger partial charge in [0.05, 0.1) is 11.5 Å². The van der Waals surface area contributed by atoms with Crippen LogP contribution in [0.5, 0.6) is 0 Å². The monoisotopic (exact) mass is 220 g/mol. The topological polar surface area (TPSA) is 29.3 Å². The van der Waals surface area contributed by atoms with Crippen molar-refractivity contribution in [2.24, 2.45) is 5.73 Å². The van der Waals surface area contributed by atoms with E-state index < -0.39 is 0 Å². The Bertz CT molecular complexity index is 387. The summed E-state index contributed by atoms with van der Waals surface area (Å²) in [4.78, 5) is 2.85. The van der Waals surface area contributed by atoms with Crippen LogP contribution in [-0.2, 0) is 6.42 Å². The molecule has 0 unspecified atom stereocenters. The summed E-state index contributed by atoms with van der Waals surface area (Å²) in [6.45, 7) is 3.89. The van der Waals surface area contributed by atoms with E-state index >= 15 is 0 Å². The van der Waals surface area contributed by atoms with Gasteiger partial charge in [-0.25, -0.2) is 0 Å². The van der Waals surface area contributed by atoms with Crippen molar-refractivity contribution in [3.05, 3.63) is 29.3 Å². The molecular formula is C12H16N2S. The summed E-state index contributed by atoms with van der Waals surface area (Å²) in [5.74, 6) is 0. The predicted molar refractivity (Wildman–Crippen MR) is 68.5 cm³/mol. The van der Waals surface area contributed by atoms with Crippen molar-refractivity contribution < 1.29 is 0 Å². The number of nitrogens with two attached hydrogens (primary N) is 1. The van der Waals surface area contributed by atoms with Crippen molar-refractivity contribution in [2.75, 3.05) is 18.0 Å². The highest BCUT2D eigenvalue weighted by Gasteiger charge is 2.16. The maximum Gasteiger partial charge on any atom is 0.0923 e. The number of anilines is 1. The molecule has 0 fully saturated rings. The van der Waals surface area contributed by atoms with Crippen molar-refractivity contribution in [2.45, 2.75) is 19.8 Å². The molecule has 0 atom stereocenters. The highest BCUT2D eigenvalue weighted by atomic mass is 32.1. The van der Waals surface area contributed by atoms with Gasteiger partial charge < -0.3 is 10.6 Å². The largest absolute Gasteiger partial charge is 0.392 e. The first-order valence-corrected chi connectivity index (χ1v) is 5.70. The molecule has 15 heavy (non-hydrogen) atoms. The molecule has 1 aromatic rings. The number of rotatable bonds is 2. The first-order valence-electron chi connectivity index (χ1n) is 5.29. The van der Waals surface area contributed by atoms with Crippen molar-refractivity contribution in [3.8, 4) is 0 Å². The quantitative estimate of drug-likeness (QED) is 0.773. The van der Waals surface area contributed by atoms with E-state index in [1.807, 2.05) is 0 Å². The second-order valence-corrected chi connectivity index (χ2v) is 4.65. The first kappa shape index (κ1) is 10.4. The van der Waals surface area contributed by atoms with Crippen LogP contribution in [0.4, 0.5) is 5.69 Å². The number of hydrogen-bond acceptors (Lipinski definition) is 2. The molecule has 0 saturated carbocycles. The van der Waals surface area contributed by atoms with Crippen LogP contribution in [0.3, 0.4) is 0 Å². The van der Waals surface area contributed by atoms with Gasteiger partial charge in [0, 0.05) is 12.2 Å². The predicted octanol–water partition coefficient (Wildman–Crippen LogP) is 2.03. The Morgan fingerprint density at radius 3 is 3.07 bits per heavy atom. The second kappa shape index (κ2) is 4.19. The molecule has 1 aromatic carbocycles. The summed E-state index contributed by atoms with van der Waals surface area (Å²) >= 11 is 4.97. The van der Waals surface area contributed by atoms with E-state index in [0.29, 0.717) is 11.5 Å². The molecule has 2 nitrogen and oxygen atoms in total. The molecule has 0 aromatic heterocycles. The fourth-order valence-corrected chi connectivity index (χ4v) is 2.31. The summed E-state index contributed by atoms with van der Waals surface area (Å²) in [6, 6.07) is 6.60. The van der Waals surface area contributed by atoms with Gasteiger partial charge in [-0.3, -0.25) is 0 Å². The lowest BCUT2D eigenvalue weighted by Gasteiger charge is -2.31. The molecule has 2 rings (SSSR count). The third-order valence-electron chi connectivity index (χ3n) is 2.80. The third kappa shape index (κ3) is 2.29. The molecule has 3 heteroatoms. The molecule has 0 aliphatic carbocycles. The Morgan fingerprint density at radius 2 is 2.33 bits per heavy atom. The highest BCUT2D eigenvalue weighted by Crippen LogP contribution is 2.27. The molecule has 2 N–H and O–H groups in total. The molecule has 0 radical (unpaired) electrons. The van der Waals surface area contributed by atoms with Gasteiger partial charge >= 0.3 is 0 Å². The van der Waals surface area contributed by atoms with E-state index in [2.05, 4.69) is 30.0 Å². The Balaban J connectivity index is 2.30. The van der Waals surface area contributed by atoms with Gasteiger partial charge in [-0.2, -0.15) is 0 Å². The van der Waals surface area contributed by atoms with Crippen LogP contribution in [0, 0.1) is 6.92 Å². The van der Waals surface area contributed by atoms with E-state index in [4.69, 9.17) is 18.0 Å². The van der Waals surface area contributed by atoms with Crippen molar-refractivity contribution >= 4 is 22.9 Å². The minimum Gasteiger partial charge on any atom is -0.392 e. The number of thiocarbonyl (C=S) groups is 1. The lowest BCUT2D eigenvalue weighted by Crippen LogP contribution is -2.36. The van der Waals surface area contributed by atoms with Crippen molar-refractivity contribution in [1.29, 1.82) is 0 Å². The van der Waals surface area contributed by atoms with Crippen LogP contribution in [0.2, 0.25) is 0 Å². The minimum absolute atomic E-state index is 0.573. The van der Waals surface area contributed by atoms with Gasteiger partial charge in [0.25, 0.3) is 0 Å². The van der Waals surface area contributed by atoms with Crippen LogP contribution in [0.25, 0.3) is 0 Å². The number of fused-ring (bicyclic) bond motifs is 1. The second-order valence-electron chi connectivity index (χ2n) is 4.12. The fourth-order valence-electron chi connectivity index (χ4n) is 2.16. The fraction of sp³-hybridized carbons (Fsp3) is 0.417. The zero-order valence-electron chi connectivity index (χ0n) is 8.99. The van der Waals surface area contributed by atoms with E-state index in [1.165, 1.54) is 29.7 Å². The summed E-state index contributed by atoms with van der Waals surface area (Å²) in [5, 5.41) is 0. The molecule has 80 valence electrons. The maximum absolute atomic E-state index is 5.60. The Morgan fingerprint density at radius 1 is 1.53 bits per heavy atom. The van der Waals surface area contributed by atoms with Crippen molar-refractivity contribution in [3.63, 3.8) is 0 Å². The van der Waals surface area contributed by atoms with E-state index in [-0.39, 0.29) is 0 Å².